The molecule has 1 N–H and O–H groups in total. The lowest BCUT2D eigenvalue weighted by Gasteiger charge is -2.07. The summed E-state index contributed by atoms with van der Waals surface area (Å²) in [7, 11) is 0. The Kier molecular flexibility index (Phi) is 3.42. The van der Waals surface area contributed by atoms with Crippen LogP contribution >= 0.6 is 0 Å². The average molecular weight is 225 g/mol. The number of alkyl halides is 3. The molecule has 0 spiro atoms. The van der Waals surface area contributed by atoms with Crippen molar-refractivity contribution in [1.29, 1.82) is 5.26 Å². The van der Waals surface area contributed by atoms with Crippen LogP contribution < -0.4 is 0 Å². The summed E-state index contributed by atoms with van der Waals surface area (Å²) in [6.45, 7) is 0. The lowest BCUT2D eigenvalue weighted by atomic mass is 10.1. The topological polar surface area (TPSA) is 44.0 Å². The highest BCUT2D eigenvalue weighted by Gasteiger charge is 2.31. The van der Waals surface area contributed by atoms with Crippen LogP contribution in [0.15, 0.2) is 18.2 Å². The van der Waals surface area contributed by atoms with E-state index in [4.69, 9.17) is 10.4 Å². The Balaban J connectivity index is 3.11. The van der Waals surface area contributed by atoms with Crippen molar-refractivity contribution in [3.63, 3.8) is 0 Å². The van der Waals surface area contributed by atoms with Crippen LogP contribution in [-0.4, -0.2) is 5.11 Å². The molecule has 16 heavy (non-hydrogen) atoms. The predicted molar refractivity (Wildman–Crippen MR) is 50.2 cm³/mol. The lowest BCUT2D eigenvalue weighted by Crippen LogP contribution is -2.04. The first-order chi connectivity index (χ1) is 7.43. The number of nitrogens with zero attached hydrogens (tertiary/aromatic N) is 1. The summed E-state index contributed by atoms with van der Waals surface area (Å²) in [6, 6.07) is 4.29. The molecule has 1 rings (SSSR count). The van der Waals surface area contributed by atoms with Gasteiger partial charge in [-0.3, -0.25) is 0 Å². The van der Waals surface area contributed by atoms with Gasteiger partial charge in [0.1, 0.15) is 5.75 Å². The Bertz CT molecular complexity index is 489. The van der Waals surface area contributed by atoms with Crippen molar-refractivity contribution in [3.05, 3.63) is 29.3 Å². The molecular formula is C11H6F3NO. The van der Waals surface area contributed by atoms with E-state index in [-0.39, 0.29) is 12.0 Å². The zero-order chi connectivity index (χ0) is 12.2. The van der Waals surface area contributed by atoms with Crippen molar-refractivity contribution in [2.24, 2.45) is 0 Å². The molecule has 0 saturated heterocycles. The Morgan fingerprint density at radius 3 is 2.50 bits per heavy atom. The fraction of sp³-hybridized carbons (Fsp3) is 0.182. The smallest absolute Gasteiger partial charge is 0.416 e. The third-order valence-electron chi connectivity index (χ3n) is 1.65. The van der Waals surface area contributed by atoms with Gasteiger partial charge in [0.2, 0.25) is 0 Å². The molecular weight excluding hydrogens is 219 g/mol. The summed E-state index contributed by atoms with van der Waals surface area (Å²) < 4.78 is 37.0. The van der Waals surface area contributed by atoms with E-state index in [0.717, 1.165) is 12.1 Å². The van der Waals surface area contributed by atoms with E-state index < -0.39 is 17.5 Å². The van der Waals surface area contributed by atoms with E-state index in [2.05, 4.69) is 11.8 Å². The van der Waals surface area contributed by atoms with E-state index in [1.165, 1.54) is 0 Å². The molecule has 0 aromatic heterocycles. The van der Waals surface area contributed by atoms with Crippen LogP contribution in [0.4, 0.5) is 13.2 Å². The summed E-state index contributed by atoms with van der Waals surface area (Å²) in [4.78, 5) is 0. The maximum absolute atomic E-state index is 12.3. The summed E-state index contributed by atoms with van der Waals surface area (Å²) >= 11 is 0. The molecule has 0 heterocycles. The molecule has 0 aliphatic heterocycles. The SMILES string of the molecule is N#CCC#Cc1cc(O)cc(C(F)(F)F)c1. The standard InChI is InChI=1S/C11H6F3NO/c12-11(13,14)9-5-8(3-1-2-4-15)6-10(16)7-9/h5-7,16H,2H2. The van der Waals surface area contributed by atoms with E-state index in [1.54, 1.807) is 6.07 Å². The summed E-state index contributed by atoms with van der Waals surface area (Å²) in [6.07, 6.45) is -4.60. The molecule has 0 saturated carbocycles. The van der Waals surface area contributed by atoms with Crippen LogP contribution in [-0.2, 0) is 6.18 Å². The molecule has 5 heteroatoms. The number of aromatic hydroxyl groups is 1. The maximum atomic E-state index is 12.3. The van der Waals surface area contributed by atoms with Crippen LogP contribution in [0, 0.1) is 23.2 Å². The zero-order valence-electron chi connectivity index (χ0n) is 7.97. The second kappa shape index (κ2) is 4.59. The van der Waals surface area contributed by atoms with Crippen LogP contribution in [0.1, 0.15) is 17.5 Å². The van der Waals surface area contributed by atoms with Crippen LogP contribution in [0.5, 0.6) is 5.75 Å². The van der Waals surface area contributed by atoms with Gasteiger partial charge in [-0.25, -0.2) is 0 Å². The van der Waals surface area contributed by atoms with Gasteiger partial charge in [0, 0.05) is 5.56 Å². The number of benzene rings is 1. The van der Waals surface area contributed by atoms with Crippen LogP contribution in [0.3, 0.4) is 0 Å². The van der Waals surface area contributed by atoms with Gasteiger partial charge in [-0.15, -0.1) is 0 Å². The van der Waals surface area contributed by atoms with Crippen molar-refractivity contribution in [1.82, 2.24) is 0 Å². The summed E-state index contributed by atoms with van der Waals surface area (Å²) in [5, 5.41) is 17.3. The van der Waals surface area contributed by atoms with Gasteiger partial charge in [-0.2, -0.15) is 18.4 Å². The Labute approximate surface area is 89.9 Å². The van der Waals surface area contributed by atoms with E-state index >= 15 is 0 Å². The van der Waals surface area contributed by atoms with Gasteiger partial charge < -0.3 is 5.11 Å². The van der Waals surface area contributed by atoms with Gasteiger partial charge in [-0.1, -0.05) is 11.8 Å². The normalized spacial score (nSPS) is 10.1. The number of rotatable bonds is 0. The monoisotopic (exact) mass is 225 g/mol. The zero-order valence-corrected chi connectivity index (χ0v) is 7.97. The molecule has 2 nitrogen and oxygen atoms in total. The molecule has 1 aromatic rings. The number of phenolic OH excluding ortho intramolecular Hbond substituents is 1. The fourth-order valence-corrected chi connectivity index (χ4v) is 1.03. The highest BCUT2D eigenvalue weighted by molar-refractivity contribution is 5.43. The quantitative estimate of drug-likeness (QED) is 0.690. The third kappa shape index (κ3) is 3.21. The highest BCUT2D eigenvalue weighted by Crippen LogP contribution is 2.32. The second-order valence-electron chi connectivity index (χ2n) is 2.90. The summed E-state index contributed by atoms with van der Waals surface area (Å²) in [5.74, 6) is 4.23. The first-order valence-electron chi connectivity index (χ1n) is 4.20. The lowest BCUT2D eigenvalue weighted by molar-refractivity contribution is -0.137. The molecule has 0 atom stereocenters. The Morgan fingerprint density at radius 1 is 1.25 bits per heavy atom. The van der Waals surface area contributed by atoms with Gasteiger partial charge in [0.15, 0.2) is 0 Å². The minimum Gasteiger partial charge on any atom is -0.508 e. The molecule has 82 valence electrons. The minimum atomic E-state index is -4.52. The van der Waals surface area contributed by atoms with Gasteiger partial charge >= 0.3 is 6.18 Å². The second-order valence-corrected chi connectivity index (χ2v) is 2.90. The van der Waals surface area contributed by atoms with Crippen molar-refractivity contribution in [2.75, 3.05) is 0 Å². The number of nitriles is 1. The molecule has 0 radical (unpaired) electrons. The largest absolute Gasteiger partial charge is 0.508 e. The number of phenols is 1. The average Bonchev–Trinajstić information content (AvgIpc) is 2.16. The molecule has 0 aliphatic carbocycles. The third-order valence-corrected chi connectivity index (χ3v) is 1.65. The highest BCUT2D eigenvalue weighted by atomic mass is 19.4. The van der Waals surface area contributed by atoms with Crippen molar-refractivity contribution >= 4 is 0 Å². The minimum absolute atomic E-state index is 0.0302. The molecule has 0 bridgehead atoms. The molecule has 0 aliphatic rings. The van der Waals surface area contributed by atoms with Crippen LogP contribution in [0.25, 0.3) is 0 Å². The summed E-state index contributed by atoms with van der Waals surface area (Å²) in [5.41, 5.74) is -0.934. The molecule has 0 fully saturated rings. The van der Waals surface area contributed by atoms with Crippen molar-refractivity contribution < 1.29 is 18.3 Å². The number of halogens is 3. The first kappa shape index (κ1) is 11.9. The predicted octanol–water partition coefficient (Wildman–Crippen LogP) is 2.68. The van der Waals surface area contributed by atoms with Gasteiger partial charge in [0.25, 0.3) is 0 Å². The molecule has 0 amide bonds. The first-order valence-corrected chi connectivity index (χ1v) is 4.20. The van der Waals surface area contributed by atoms with Crippen molar-refractivity contribution in [3.8, 4) is 23.7 Å². The van der Waals surface area contributed by atoms with Gasteiger partial charge in [0.05, 0.1) is 18.1 Å². The van der Waals surface area contributed by atoms with E-state index in [0.29, 0.717) is 6.07 Å². The fourth-order valence-electron chi connectivity index (χ4n) is 1.03. The molecule has 0 unspecified atom stereocenters. The Hall–Kier alpha value is -2.14. The molecule has 1 aromatic carbocycles. The maximum Gasteiger partial charge on any atom is 0.416 e. The van der Waals surface area contributed by atoms with Crippen LogP contribution in [0.2, 0.25) is 0 Å². The Morgan fingerprint density at radius 2 is 1.94 bits per heavy atom. The van der Waals surface area contributed by atoms with Gasteiger partial charge in [-0.05, 0) is 18.2 Å². The number of hydrogen-bond donors (Lipinski definition) is 1. The number of hydrogen-bond acceptors (Lipinski definition) is 2. The van der Waals surface area contributed by atoms with Crippen molar-refractivity contribution in [2.45, 2.75) is 12.6 Å². The van der Waals surface area contributed by atoms with E-state index in [9.17, 15) is 13.2 Å². The van der Waals surface area contributed by atoms with E-state index in [1.807, 2.05) is 0 Å².